The maximum absolute atomic E-state index is 12.1. The maximum Gasteiger partial charge on any atom is 0.260 e. The average Bonchev–Trinajstić information content (AvgIpc) is 2.46. The van der Waals surface area contributed by atoms with E-state index in [0.717, 1.165) is 30.6 Å². The van der Waals surface area contributed by atoms with Crippen LogP contribution in [0.2, 0.25) is 0 Å². The maximum atomic E-state index is 12.1. The van der Waals surface area contributed by atoms with Gasteiger partial charge in [0.15, 0.2) is 6.61 Å². The van der Waals surface area contributed by atoms with E-state index in [-0.39, 0.29) is 12.5 Å². The topological polar surface area (TPSA) is 29.5 Å². The first kappa shape index (κ1) is 14.4. The van der Waals surface area contributed by atoms with Gasteiger partial charge in [0, 0.05) is 18.4 Å². The molecule has 1 aromatic rings. The standard InChI is InChI=1S/C15H20BrNO2/c1-12-4-6-14(7-5-12)19-11-15(18)17-8-2-3-13(9-16)10-17/h4-7,13H,2-3,8-11H2,1H3. The number of carbonyl (C=O) groups excluding carboxylic acids is 1. The molecule has 0 spiro atoms. The number of benzene rings is 1. The summed E-state index contributed by atoms with van der Waals surface area (Å²) in [6.07, 6.45) is 2.29. The highest BCUT2D eigenvalue weighted by atomic mass is 79.9. The van der Waals surface area contributed by atoms with Crippen molar-refractivity contribution in [3.05, 3.63) is 29.8 Å². The highest BCUT2D eigenvalue weighted by Gasteiger charge is 2.22. The monoisotopic (exact) mass is 325 g/mol. The molecule has 1 heterocycles. The Labute approximate surface area is 123 Å². The second-order valence-corrected chi connectivity index (χ2v) is 5.75. The van der Waals surface area contributed by atoms with E-state index >= 15 is 0 Å². The predicted molar refractivity (Wildman–Crippen MR) is 79.8 cm³/mol. The van der Waals surface area contributed by atoms with Crippen molar-refractivity contribution in [3.8, 4) is 5.75 Å². The number of alkyl halides is 1. The van der Waals surface area contributed by atoms with Crippen molar-refractivity contribution in [1.82, 2.24) is 4.90 Å². The number of amides is 1. The SMILES string of the molecule is Cc1ccc(OCC(=O)N2CCCC(CBr)C2)cc1. The lowest BCUT2D eigenvalue weighted by Gasteiger charge is -2.31. The molecule has 4 heteroatoms. The van der Waals surface area contributed by atoms with Crippen molar-refractivity contribution < 1.29 is 9.53 Å². The van der Waals surface area contributed by atoms with Gasteiger partial charge in [-0.15, -0.1) is 0 Å². The number of nitrogens with zero attached hydrogens (tertiary/aromatic N) is 1. The highest BCUT2D eigenvalue weighted by Crippen LogP contribution is 2.18. The minimum atomic E-state index is 0.0891. The first-order chi connectivity index (χ1) is 9.19. The number of halogens is 1. The minimum absolute atomic E-state index is 0.0891. The van der Waals surface area contributed by atoms with E-state index in [0.29, 0.717) is 5.92 Å². The van der Waals surface area contributed by atoms with E-state index in [9.17, 15) is 4.79 Å². The van der Waals surface area contributed by atoms with Crippen molar-refractivity contribution in [1.29, 1.82) is 0 Å². The number of aryl methyl sites for hydroxylation is 1. The molecule has 19 heavy (non-hydrogen) atoms. The molecule has 1 aromatic carbocycles. The summed E-state index contributed by atoms with van der Waals surface area (Å²) in [5, 5.41) is 0.968. The molecule has 0 radical (unpaired) electrons. The van der Waals surface area contributed by atoms with E-state index in [4.69, 9.17) is 4.74 Å². The molecule has 1 aliphatic heterocycles. The number of carbonyl (C=O) groups is 1. The van der Waals surface area contributed by atoms with Crippen LogP contribution in [-0.4, -0.2) is 35.8 Å². The van der Waals surface area contributed by atoms with Gasteiger partial charge in [0.05, 0.1) is 0 Å². The minimum Gasteiger partial charge on any atom is -0.484 e. The van der Waals surface area contributed by atoms with Crippen LogP contribution < -0.4 is 4.74 Å². The largest absolute Gasteiger partial charge is 0.484 e. The van der Waals surface area contributed by atoms with Gasteiger partial charge in [0.1, 0.15) is 5.75 Å². The zero-order valence-electron chi connectivity index (χ0n) is 11.3. The van der Waals surface area contributed by atoms with Gasteiger partial charge >= 0.3 is 0 Å². The first-order valence-corrected chi connectivity index (χ1v) is 7.84. The molecular formula is C15H20BrNO2. The molecule has 1 aliphatic rings. The van der Waals surface area contributed by atoms with Gasteiger partial charge in [0.2, 0.25) is 0 Å². The Bertz CT molecular complexity index is 419. The molecule has 1 fully saturated rings. The molecule has 104 valence electrons. The molecule has 0 aliphatic carbocycles. The lowest BCUT2D eigenvalue weighted by Crippen LogP contribution is -2.42. The molecule has 0 saturated carbocycles. The van der Waals surface area contributed by atoms with Gasteiger partial charge in [-0.3, -0.25) is 4.79 Å². The third-order valence-corrected chi connectivity index (χ3v) is 4.39. The van der Waals surface area contributed by atoms with Crippen LogP contribution in [0, 0.1) is 12.8 Å². The lowest BCUT2D eigenvalue weighted by molar-refractivity contribution is -0.135. The number of ether oxygens (including phenoxy) is 1. The van der Waals surface area contributed by atoms with Gasteiger partial charge < -0.3 is 9.64 Å². The van der Waals surface area contributed by atoms with Gasteiger partial charge in [-0.2, -0.15) is 0 Å². The van der Waals surface area contributed by atoms with Crippen LogP contribution in [0.3, 0.4) is 0 Å². The summed E-state index contributed by atoms with van der Waals surface area (Å²) >= 11 is 3.50. The normalized spacial score (nSPS) is 19.3. The fourth-order valence-electron chi connectivity index (χ4n) is 2.29. The Morgan fingerprint density at radius 3 is 2.84 bits per heavy atom. The van der Waals surface area contributed by atoms with E-state index < -0.39 is 0 Å². The smallest absolute Gasteiger partial charge is 0.260 e. The average molecular weight is 326 g/mol. The van der Waals surface area contributed by atoms with Crippen LogP contribution in [0.5, 0.6) is 5.75 Å². The summed E-state index contributed by atoms with van der Waals surface area (Å²) in [5.41, 5.74) is 1.19. The van der Waals surface area contributed by atoms with Crippen molar-refractivity contribution in [2.75, 3.05) is 25.0 Å². The molecule has 1 atom stereocenters. The Kier molecular flexibility index (Phi) is 5.25. The van der Waals surface area contributed by atoms with Gasteiger partial charge in [-0.25, -0.2) is 0 Å². The molecule has 0 N–H and O–H groups in total. The van der Waals surface area contributed by atoms with E-state index in [1.54, 1.807) is 0 Å². The predicted octanol–water partition coefficient (Wildman–Crippen LogP) is 3.01. The van der Waals surface area contributed by atoms with Crippen LogP contribution >= 0.6 is 15.9 Å². The quantitative estimate of drug-likeness (QED) is 0.796. The van der Waals surface area contributed by atoms with Crippen molar-refractivity contribution in [3.63, 3.8) is 0 Å². The second-order valence-electron chi connectivity index (χ2n) is 5.10. The molecule has 0 aromatic heterocycles. The van der Waals surface area contributed by atoms with Crippen molar-refractivity contribution >= 4 is 21.8 Å². The van der Waals surface area contributed by atoms with Crippen LogP contribution in [0.15, 0.2) is 24.3 Å². The summed E-state index contributed by atoms with van der Waals surface area (Å²) in [4.78, 5) is 14.0. The van der Waals surface area contributed by atoms with E-state index in [2.05, 4.69) is 15.9 Å². The number of likely N-dealkylation sites (tertiary alicyclic amines) is 1. The molecule has 1 unspecified atom stereocenters. The molecule has 0 bridgehead atoms. The summed E-state index contributed by atoms with van der Waals surface area (Å²) in [7, 11) is 0. The number of rotatable bonds is 4. The highest BCUT2D eigenvalue weighted by molar-refractivity contribution is 9.09. The van der Waals surface area contributed by atoms with Gasteiger partial charge in [-0.05, 0) is 37.8 Å². The summed E-state index contributed by atoms with van der Waals surface area (Å²) in [6.45, 7) is 3.88. The Balaban J connectivity index is 1.82. The number of piperidine rings is 1. The van der Waals surface area contributed by atoms with Crippen LogP contribution in [-0.2, 0) is 4.79 Å². The summed E-state index contributed by atoms with van der Waals surface area (Å²) in [6, 6.07) is 7.78. The van der Waals surface area contributed by atoms with Crippen LogP contribution in [0.4, 0.5) is 0 Å². The first-order valence-electron chi connectivity index (χ1n) is 6.72. The zero-order chi connectivity index (χ0) is 13.7. The Morgan fingerprint density at radius 2 is 2.16 bits per heavy atom. The van der Waals surface area contributed by atoms with E-state index in [1.165, 1.54) is 12.0 Å². The van der Waals surface area contributed by atoms with E-state index in [1.807, 2.05) is 36.1 Å². The number of hydrogen-bond acceptors (Lipinski definition) is 2. The molecule has 3 nitrogen and oxygen atoms in total. The third-order valence-electron chi connectivity index (χ3n) is 3.47. The second kappa shape index (κ2) is 6.94. The van der Waals surface area contributed by atoms with Crippen molar-refractivity contribution in [2.45, 2.75) is 19.8 Å². The summed E-state index contributed by atoms with van der Waals surface area (Å²) < 4.78 is 5.54. The molecule has 1 amide bonds. The van der Waals surface area contributed by atoms with Gasteiger partial charge in [-0.1, -0.05) is 33.6 Å². The fraction of sp³-hybridized carbons (Fsp3) is 0.533. The Morgan fingerprint density at radius 1 is 1.42 bits per heavy atom. The molecule has 2 rings (SSSR count). The zero-order valence-corrected chi connectivity index (χ0v) is 12.9. The Hall–Kier alpha value is -1.03. The fourth-order valence-corrected chi connectivity index (χ4v) is 2.82. The van der Waals surface area contributed by atoms with Crippen LogP contribution in [0.1, 0.15) is 18.4 Å². The lowest BCUT2D eigenvalue weighted by atomic mass is 10.0. The van der Waals surface area contributed by atoms with Crippen molar-refractivity contribution in [2.24, 2.45) is 5.92 Å². The molecule has 1 saturated heterocycles. The van der Waals surface area contributed by atoms with Gasteiger partial charge in [0.25, 0.3) is 5.91 Å². The summed E-state index contributed by atoms with van der Waals surface area (Å²) in [5.74, 6) is 1.43. The molecular weight excluding hydrogens is 306 g/mol. The third kappa shape index (κ3) is 4.23. The number of hydrogen-bond donors (Lipinski definition) is 0. The van der Waals surface area contributed by atoms with Crippen LogP contribution in [0.25, 0.3) is 0 Å².